The van der Waals surface area contributed by atoms with E-state index in [4.69, 9.17) is 9.47 Å². The predicted octanol–water partition coefficient (Wildman–Crippen LogP) is 4.04. The summed E-state index contributed by atoms with van der Waals surface area (Å²) in [7, 11) is 0. The molecule has 23 heavy (non-hydrogen) atoms. The summed E-state index contributed by atoms with van der Waals surface area (Å²) in [4.78, 5) is 3.66. The van der Waals surface area contributed by atoms with Gasteiger partial charge in [0, 0.05) is 16.2 Å². The average Bonchev–Trinajstić information content (AvgIpc) is 2.94. The van der Waals surface area contributed by atoms with Crippen LogP contribution >= 0.6 is 15.9 Å². The highest BCUT2D eigenvalue weighted by Gasteiger charge is 2.30. The SMILES string of the molecule is FC(F)(F)c1ccc(N/N=C/c2cc3c(cc2Br)OCO3)nc1. The number of rotatable bonds is 3. The Morgan fingerprint density at radius 3 is 2.61 bits per heavy atom. The van der Waals surface area contributed by atoms with E-state index in [9.17, 15) is 13.2 Å². The van der Waals surface area contributed by atoms with Crippen molar-refractivity contribution in [2.45, 2.75) is 6.18 Å². The molecule has 1 N–H and O–H groups in total. The van der Waals surface area contributed by atoms with Gasteiger partial charge in [-0.3, -0.25) is 5.43 Å². The highest BCUT2D eigenvalue weighted by molar-refractivity contribution is 9.10. The summed E-state index contributed by atoms with van der Waals surface area (Å²) in [6, 6.07) is 5.62. The molecule has 1 aromatic heterocycles. The van der Waals surface area contributed by atoms with E-state index in [1.807, 2.05) is 0 Å². The Labute approximate surface area is 137 Å². The van der Waals surface area contributed by atoms with Crippen molar-refractivity contribution in [3.8, 4) is 11.5 Å². The fourth-order valence-corrected chi connectivity index (χ4v) is 2.25. The molecule has 0 aliphatic carbocycles. The molecule has 5 nitrogen and oxygen atoms in total. The summed E-state index contributed by atoms with van der Waals surface area (Å²) in [6.45, 7) is 0.163. The first-order valence-corrected chi connectivity index (χ1v) is 7.14. The second kappa shape index (κ2) is 6.07. The molecule has 0 bridgehead atoms. The van der Waals surface area contributed by atoms with Crippen molar-refractivity contribution in [3.05, 3.63) is 46.1 Å². The number of ether oxygens (including phenoxy) is 2. The minimum atomic E-state index is -4.41. The number of nitrogens with one attached hydrogen (secondary N) is 1. The maximum Gasteiger partial charge on any atom is 0.417 e. The van der Waals surface area contributed by atoms with Crippen LogP contribution in [0.5, 0.6) is 11.5 Å². The van der Waals surface area contributed by atoms with Crippen molar-refractivity contribution < 1.29 is 22.6 Å². The molecule has 0 fully saturated rings. The number of hydrogen-bond acceptors (Lipinski definition) is 5. The van der Waals surface area contributed by atoms with Crippen LogP contribution in [0.1, 0.15) is 11.1 Å². The maximum absolute atomic E-state index is 12.4. The lowest BCUT2D eigenvalue weighted by Crippen LogP contribution is -2.05. The van der Waals surface area contributed by atoms with E-state index in [0.29, 0.717) is 17.1 Å². The van der Waals surface area contributed by atoms with Gasteiger partial charge in [0.1, 0.15) is 5.82 Å². The first-order chi connectivity index (χ1) is 10.9. The number of pyridine rings is 1. The Balaban J connectivity index is 1.70. The van der Waals surface area contributed by atoms with Crippen molar-refractivity contribution in [1.82, 2.24) is 4.98 Å². The van der Waals surface area contributed by atoms with E-state index in [1.54, 1.807) is 12.1 Å². The standard InChI is InChI=1S/C14H9BrF3N3O2/c15-10-4-12-11(22-7-23-12)3-8(10)5-20-21-13-2-1-9(6-19-13)14(16,17)18/h1-6H,7H2,(H,19,21)/b20-5+. The molecular weight excluding hydrogens is 379 g/mol. The van der Waals surface area contributed by atoms with Gasteiger partial charge in [-0.15, -0.1) is 0 Å². The van der Waals surface area contributed by atoms with E-state index in [-0.39, 0.29) is 12.6 Å². The molecule has 2 aromatic rings. The van der Waals surface area contributed by atoms with Crippen LogP contribution in [-0.4, -0.2) is 18.0 Å². The quantitative estimate of drug-likeness (QED) is 0.637. The van der Waals surface area contributed by atoms with E-state index in [0.717, 1.165) is 16.7 Å². The Morgan fingerprint density at radius 2 is 1.96 bits per heavy atom. The summed E-state index contributed by atoms with van der Waals surface area (Å²) in [5.41, 5.74) is 2.47. The fourth-order valence-electron chi connectivity index (χ4n) is 1.83. The number of hydrazone groups is 1. The highest BCUT2D eigenvalue weighted by atomic mass is 79.9. The lowest BCUT2D eigenvalue weighted by molar-refractivity contribution is -0.137. The molecule has 1 aromatic carbocycles. The highest BCUT2D eigenvalue weighted by Crippen LogP contribution is 2.36. The Kier molecular flexibility index (Phi) is 4.12. The average molecular weight is 388 g/mol. The van der Waals surface area contributed by atoms with Gasteiger partial charge in [-0.1, -0.05) is 0 Å². The van der Waals surface area contributed by atoms with Crippen molar-refractivity contribution in [2.24, 2.45) is 5.10 Å². The maximum atomic E-state index is 12.4. The molecule has 0 saturated heterocycles. The number of hydrogen-bond donors (Lipinski definition) is 1. The van der Waals surface area contributed by atoms with Crippen molar-refractivity contribution in [2.75, 3.05) is 12.2 Å². The van der Waals surface area contributed by atoms with Gasteiger partial charge in [0.05, 0.1) is 11.8 Å². The number of anilines is 1. The topological polar surface area (TPSA) is 55.7 Å². The van der Waals surface area contributed by atoms with E-state index in [1.165, 1.54) is 12.3 Å². The second-order valence-corrected chi connectivity index (χ2v) is 5.38. The Hall–Kier alpha value is -2.29. The molecule has 1 aliphatic rings. The van der Waals surface area contributed by atoms with Crippen LogP contribution in [0.15, 0.2) is 40.0 Å². The minimum absolute atomic E-state index is 0.163. The monoisotopic (exact) mass is 387 g/mol. The smallest absolute Gasteiger partial charge is 0.417 e. The first kappa shape index (κ1) is 15.6. The molecule has 2 heterocycles. The molecule has 1 aliphatic heterocycles. The van der Waals surface area contributed by atoms with E-state index < -0.39 is 11.7 Å². The molecule has 0 radical (unpaired) electrons. The number of nitrogens with zero attached hydrogens (tertiary/aromatic N) is 2. The van der Waals surface area contributed by atoms with Gasteiger partial charge in [-0.05, 0) is 40.2 Å². The van der Waals surface area contributed by atoms with Gasteiger partial charge in [-0.2, -0.15) is 18.3 Å². The van der Waals surface area contributed by atoms with E-state index >= 15 is 0 Å². The van der Waals surface area contributed by atoms with Gasteiger partial charge in [0.25, 0.3) is 0 Å². The summed E-state index contributed by atoms with van der Waals surface area (Å²) >= 11 is 3.37. The number of alkyl halides is 3. The summed E-state index contributed by atoms with van der Waals surface area (Å²) < 4.78 is 48.5. The molecule has 0 unspecified atom stereocenters. The normalized spacial score (nSPS) is 13.6. The zero-order valence-corrected chi connectivity index (χ0v) is 13.0. The number of halogens is 4. The molecule has 0 saturated carbocycles. The molecule has 3 rings (SSSR count). The van der Waals surface area contributed by atoms with Crippen molar-refractivity contribution in [3.63, 3.8) is 0 Å². The van der Waals surface area contributed by atoms with Gasteiger partial charge in [0.15, 0.2) is 11.5 Å². The third kappa shape index (κ3) is 3.55. The third-order valence-corrected chi connectivity index (χ3v) is 3.65. The number of aromatic nitrogens is 1. The molecule has 120 valence electrons. The fraction of sp³-hybridized carbons (Fsp3) is 0.143. The van der Waals surface area contributed by atoms with Gasteiger partial charge >= 0.3 is 6.18 Å². The van der Waals surface area contributed by atoms with E-state index in [2.05, 4.69) is 31.4 Å². The number of benzene rings is 1. The van der Waals surface area contributed by atoms with Gasteiger partial charge in [-0.25, -0.2) is 4.98 Å². The zero-order valence-electron chi connectivity index (χ0n) is 11.4. The van der Waals surface area contributed by atoms with Crippen LogP contribution in [0.3, 0.4) is 0 Å². The molecule has 0 atom stereocenters. The van der Waals surface area contributed by atoms with Crippen LogP contribution in [0, 0.1) is 0 Å². The second-order valence-electron chi connectivity index (χ2n) is 4.53. The van der Waals surface area contributed by atoms with Crippen LogP contribution < -0.4 is 14.9 Å². The Morgan fingerprint density at radius 1 is 1.22 bits per heavy atom. The van der Waals surface area contributed by atoms with Crippen LogP contribution in [0.4, 0.5) is 19.0 Å². The van der Waals surface area contributed by atoms with Crippen LogP contribution in [-0.2, 0) is 6.18 Å². The summed E-state index contributed by atoms with van der Waals surface area (Å²) in [5, 5.41) is 3.94. The molecular formula is C14H9BrF3N3O2. The van der Waals surface area contributed by atoms with Crippen LogP contribution in [0.2, 0.25) is 0 Å². The molecule has 9 heteroatoms. The zero-order chi connectivity index (χ0) is 16.4. The minimum Gasteiger partial charge on any atom is -0.454 e. The van der Waals surface area contributed by atoms with Crippen LogP contribution in [0.25, 0.3) is 0 Å². The largest absolute Gasteiger partial charge is 0.454 e. The van der Waals surface area contributed by atoms with Crippen molar-refractivity contribution >= 4 is 28.0 Å². The Bertz CT molecular complexity index is 748. The third-order valence-electron chi connectivity index (χ3n) is 2.97. The predicted molar refractivity (Wildman–Crippen MR) is 80.7 cm³/mol. The molecule has 0 spiro atoms. The molecule has 0 amide bonds. The summed E-state index contributed by atoms with van der Waals surface area (Å²) in [5.74, 6) is 1.43. The van der Waals surface area contributed by atoms with Crippen molar-refractivity contribution in [1.29, 1.82) is 0 Å². The summed E-state index contributed by atoms with van der Waals surface area (Å²) in [6.07, 6.45) is -2.17. The van der Waals surface area contributed by atoms with Gasteiger partial charge in [0.2, 0.25) is 6.79 Å². The van der Waals surface area contributed by atoms with Gasteiger partial charge < -0.3 is 9.47 Å². The first-order valence-electron chi connectivity index (χ1n) is 6.35. The lowest BCUT2D eigenvalue weighted by Gasteiger charge is -2.06. The lowest BCUT2D eigenvalue weighted by atomic mass is 10.2. The number of fused-ring (bicyclic) bond motifs is 1.